The normalized spacial score (nSPS) is 10.5. The van der Waals surface area contributed by atoms with E-state index in [4.69, 9.17) is 18.6 Å². The molecule has 0 atom stereocenters. The van der Waals surface area contributed by atoms with Crippen molar-refractivity contribution in [1.29, 1.82) is 0 Å². The lowest BCUT2D eigenvalue weighted by Gasteiger charge is -2.10. The first-order valence-corrected chi connectivity index (χ1v) is 8.60. The summed E-state index contributed by atoms with van der Waals surface area (Å²) in [4.78, 5) is 35.6. The van der Waals surface area contributed by atoms with Crippen molar-refractivity contribution in [2.45, 2.75) is 27.2 Å². The van der Waals surface area contributed by atoms with Crippen LogP contribution in [-0.2, 0) is 16.0 Å². The van der Waals surface area contributed by atoms with Crippen LogP contribution < -0.4 is 19.6 Å². The third-order valence-corrected chi connectivity index (χ3v) is 3.86. The summed E-state index contributed by atoms with van der Waals surface area (Å²) in [6.45, 7) is 4.46. The molecule has 28 heavy (non-hydrogen) atoms. The fraction of sp³-hybridized carbons (Fsp3) is 0.190. The highest BCUT2D eigenvalue weighted by atomic mass is 16.5. The zero-order chi connectivity index (χ0) is 20.3. The van der Waals surface area contributed by atoms with Gasteiger partial charge in [0.15, 0.2) is 0 Å². The van der Waals surface area contributed by atoms with Crippen LogP contribution in [0.1, 0.15) is 26.3 Å². The molecule has 2 aromatic carbocycles. The first-order chi connectivity index (χ1) is 13.4. The average Bonchev–Trinajstić information content (AvgIpc) is 2.63. The van der Waals surface area contributed by atoms with E-state index >= 15 is 0 Å². The largest absolute Gasteiger partial charge is 0.460 e. The molecule has 0 aliphatic carbocycles. The molecule has 0 saturated carbocycles. The number of aryl methyl sites for hydroxylation is 1. The Labute approximate surface area is 160 Å². The van der Waals surface area contributed by atoms with E-state index in [2.05, 4.69) is 0 Å². The molecule has 7 nitrogen and oxygen atoms in total. The molecule has 0 fully saturated rings. The molecule has 144 valence electrons. The molecule has 0 spiro atoms. The molecule has 1 heterocycles. The number of benzene rings is 2. The highest BCUT2D eigenvalue weighted by Gasteiger charge is 2.18. The van der Waals surface area contributed by atoms with Gasteiger partial charge in [0, 0.05) is 26.0 Å². The fourth-order valence-electron chi connectivity index (χ4n) is 2.63. The molecule has 0 radical (unpaired) electrons. The summed E-state index contributed by atoms with van der Waals surface area (Å²) in [5.74, 6) is -0.794. The molecule has 0 aliphatic heterocycles. The molecule has 1 aromatic heterocycles. The van der Waals surface area contributed by atoms with Gasteiger partial charge < -0.3 is 18.6 Å². The Balaban J connectivity index is 2.08. The zero-order valence-electron chi connectivity index (χ0n) is 15.6. The Hall–Kier alpha value is -3.61. The standard InChI is InChI=1S/C21H18O7/c1-4-14-5-7-15(8-6-14)28-19-11-25-17-9-16(26-12(2)22)10-18(27-13(3)23)20(17)21(19)24/h5-11H,4H2,1-3H3. The minimum atomic E-state index is -0.637. The molecule has 0 N–H and O–H groups in total. The summed E-state index contributed by atoms with van der Waals surface area (Å²) in [6.07, 6.45) is 2.04. The predicted octanol–water partition coefficient (Wildman–Crippen LogP) is 4.00. The van der Waals surface area contributed by atoms with Gasteiger partial charge in [-0.2, -0.15) is 0 Å². The second-order valence-electron chi connectivity index (χ2n) is 6.01. The Kier molecular flexibility index (Phi) is 5.44. The molecular weight excluding hydrogens is 364 g/mol. The second-order valence-corrected chi connectivity index (χ2v) is 6.01. The van der Waals surface area contributed by atoms with Crippen LogP contribution in [0.3, 0.4) is 0 Å². The SMILES string of the molecule is CCc1ccc(Oc2coc3cc(OC(C)=O)cc(OC(C)=O)c3c2=O)cc1. The van der Waals surface area contributed by atoms with Crippen molar-refractivity contribution in [3.63, 3.8) is 0 Å². The van der Waals surface area contributed by atoms with Crippen LogP contribution in [0.4, 0.5) is 0 Å². The molecule has 0 saturated heterocycles. The average molecular weight is 382 g/mol. The lowest BCUT2D eigenvalue weighted by Crippen LogP contribution is -2.10. The summed E-state index contributed by atoms with van der Waals surface area (Å²) < 4.78 is 21.2. The van der Waals surface area contributed by atoms with Gasteiger partial charge in [-0.3, -0.25) is 14.4 Å². The van der Waals surface area contributed by atoms with Gasteiger partial charge >= 0.3 is 11.9 Å². The highest BCUT2D eigenvalue weighted by molar-refractivity contribution is 5.89. The van der Waals surface area contributed by atoms with E-state index in [0.29, 0.717) is 5.75 Å². The van der Waals surface area contributed by atoms with E-state index in [9.17, 15) is 14.4 Å². The monoisotopic (exact) mass is 382 g/mol. The lowest BCUT2D eigenvalue weighted by molar-refractivity contribution is -0.132. The molecule has 3 aromatic rings. The van der Waals surface area contributed by atoms with Crippen LogP contribution in [0.25, 0.3) is 11.0 Å². The van der Waals surface area contributed by atoms with Crippen molar-refractivity contribution in [1.82, 2.24) is 0 Å². The number of carbonyl (C=O) groups excluding carboxylic acids is 2. The Morgan fingerprint density at radius 1 is 0.929 bits per heavy atom. The third-order valence-electron chi connectivity index (χ3n) is 3.86. The topological polar surface area (TPSA) is 92.0 Å². The number of ether oxygens (including phenoxy) is 3. The Morgan fingerprint density at radius 2 is 1.61 bits per heavy atom. The number of fused-ring (bicyclic) bond motifs is 1. The molecule has 0 amide bonds. The molecule has 0 unspecified atom stereocenters. The van der Waals surface area contributed by atoms with Crippen molar-refractivity contribution >= 4 is 22.9 Å². The summed E-state index contributed by atoms with van der Waals surface area (Å²) in [6, 6.07) is 9.94. The van der Waals surface area contributed by atoms with Gasteiger partial charge in [-0.15, -0.1) is 0 Å². The zero-order valence-corrected chi connectivity index (χ0v) is 15.6. The van der Waals surface area contributed by atoms with Crippen LogP contribution in [0.5, 0.6) is 23.0 Å². The minimum absolute atomic E-state index is 0.00813. The molecular formula is C21H18O7. The molecule has 7 heteroatoms. The van der Waals surface area contributed by atoms with Gasteiger partial charge in [0.05, 0.1) is 0 Å². The Morgan fingerprint density at radius 3 is 2.21 bits per heavy atom. The number of rotatable bonds is 5. The van der Waals surface area contributed by atoms with Gasteiger partial charge in [0.2, 0.25) is 11.2 Å². The maximum absolute atomic E-state index is 12.9. The number of carbonyl (C=O) groups is 2. The third kappa shape index (κ3) is 4.20. The second kappa shape index (κ2) is 7.96. The van der Waals surface area contributed by atoms with E-state index < -0.39 is 17.4 Å². The van der Waals surface area contributed by atoms with Crippen LogP contribution in [0.15, 0.2) is 51.9 Å². The van der Waals surface area contributed by atoms with Gasteiger partial charge in [0.1, 0.15) is 34.5 Å². The first-order valence-electron chi connectivity index (χ1n) is 8.60. The van der Waals surface area contributed by atoms with Gasteiger partial charge in [-0.05, 0) is 24.1 Å². The van der Waals surface area contributed by atoms with Crippen molar-refractivity contribution in [2.75, 3.05) is 0 Å². The molecule has 0 aliphatic rings. The smallest absolute Gasteiger partial charge is 0.308 e. The van der Waals surface area contributed by atoms with Gasteiger partial charge in [-0.1, -0.05) is 19.1 Å². The number of hydrogen-bond acceptors (Lipinski definition) is 7. The summed E-state index contributed by atoms with van der Waals surface area (Å²) >= 11 is 0. The summed E-state index contributed by atoms with van der Waals surface area (Å²) in [7, 11) is 0. The summed E-state index contributed by atoms with van der Waals surface area (Å²) in [5, 5.41) is 0.00813. The lowest BCUT2D eigenvalue weighted by atomic mass is 10.1. The number of hydrogen-bond donors (Lipinski definition) is 0. The molecule has 0 bridgehead atoms. The van der Waals surface area contributed by atoms with Gasteiger partial charge in [0.25, 0.3) is 0 Å². The maximum Gasteiger partial charge on any atom is 0.308 e. The maximum atomic E-state index is 12.9. The van der Waals surface area contributed by atoms with Crippen molar-refractivity contribution < 1.29 is 28.2 Å². The van der Waals surface area contributed by atoms with Crippen LogP contribution >= 0.6 is 0 Å². The minimum Gasteiger partial charge on any atom is -0.460 e. The van der Waals surface area contributed by atoms with Crippen LogP contribution in [0, 0.1) is 0 Å². The quantitative estimate of drug-likeness (QED) is 0.486. The predicted molar refractivity (Wildman–Crippen MR) is 101 cm³/mol. The van der Waals surface area contributed by atoms with E-state index in [1.165, 1.54) is 26.0 Å². The Bertz CT molecular complexity index is 1090. The fourth-order valence-corrected chi connectivity index (χ4v) is 2.63. The number of esters is 2. The van der Waals surface area contributed by atoms with Crippen LogP contribution in [0.2, 0.25) is 0 Å². The van der Waals surface area contributed by atoms with E-state index in [0.717, 1.165) is 18.2 Å². The van der Waals surface area contributed by atoms with Crippen molar-refractivity contribution in [3.05, 3.63) is 58.4 Å². The van der Waals surface area contributed by atoms with Crippen molar-refractivity contribution in [2.24, 2.45) is 0 Å². The van der Waals surface area contributed by atoms with E-state index in [-0.39, 0.29) is 28.2 Å². The van der Waals surface area contributed by atoms with Gasteiger partial charge in [-0.25, -0.2) is 0 Å². The van der Waals surface area contributed by atoms with Crippen LogP contribution in [-0.4, -0.2) is 11.9 Å². The molecule has 3 rings (SSSR count). The first kappa shape index (κ1) is 19.2. The summed E-state index contributed by atoms with van der Waals surface area (Å²) in [5.41, 5.74) is 0.702. The highest BCUT2D eigenvalue weighted by Crippen LogP contribution is 2.32. The van der Waals surface area contributed by atoms with Crippen molar-refractivity contribution in [3.8, 4) is 23.0 Å². The van der Waals surface area contributed by atoms with E-state index in [1.807, 2.05) is 19.1 Å². The van der Waals surface area contributed by atoms with E-state index in [1.54, 1.807) is 12.1 Å².